The summed E-state index contributed by atoms with van der Waals surface area (Å²) in [5.41, 5.74) is 15.3. The maximum Gasteiger partial charge on any atom is 0.238 e. The van der Waals surface area contributed by atoms with Gasteiger partial charge in [-0.15, -0.1) is 0 Å². The van der Waals surface area contributed by atoms with Crippen LogP contribution in [0.5, 0.6) is 0 Å². The van der Waals surface area contributed by atoms with E-state index >= 15 is 0 Å². The van der Waals surface area contributed by atoms with Gasteiger partial charge in [0.05, 0.1) is 22.1 Å². The normalized spacial score (nSPS) is 15.5. The number of nitrogens with zero attached hydrogens (tertiary/aromatic N) is 5. The molecule has 3 aromatic heterocycles. The van der Waals surface area contributed by atoms with Crippen molar-refractivity contribution in [3.63, 3.8) is 0 Å². The molecule has 0 spiro atoms. The Morgan fingerprint density at radius 3 is 1.63 bits per heavy atom. The van der Waals surface area contributed by atoms with Crippen LogP contribution in [-0.4, -0.2) is 24.1 Å². The largest absolute Gasteiger partial charge is 0.309 e. The number of para-hydroxylation sites is 2. The van der Waals surface area contributed by atoms with E-state index in [1.165, 1.54) is 44.1 Å². The zero-order chi connectivity index (χ0) is 44.0. The highest BCUT2D eigenvalue weighted by Gasteiger charge is 2.43. The molecule has 0 amide bonds. The van der Waals surface area contributed by atoms with Gasteiger partial charge in [-0.3, -0.25) is 4.57 Å². The highest BCUT2D eigenvalue weighted by atomic mass is 15.2. The molecule has 8 aromatic carbocycles. The van der Waals surface area contributed by atoms with E-state index in [4.69, 9.17) is 15.0 Å². The van der Waals surface area contributed by atoms with Crippen LogP contribution in [0.25, 0.3) is 100 Å². The first kappa shape index (κ1) is 39.0. The predicted octanol–water partition coefficient (Wildman–Crippen LogP) is 15.3. The molecule has 0 saturated carbocycles. The Kier molecular flexibility index (Phi) is 8.83. The lowest BCUT2D eigenvalue weighted by Crippen LogP contribution is -2.40. The lowest BCUT2D eigenvalue weighted by atomic mass is 9.57. The van der Waals surface area contributed by atoms with Crippen LogP contribution >= 0.6 is 0 Å². The number of aromatic nitrogens is 5. The summed E-state index contributed by atoms with van der Waals surface area (Å²) in [5, 5.41) is 4.71. The average molecular weight is 840 g/mol. The van der Waals surface area contributed by atoms with Gasteiger partial charge >= 0.3 is 0 Å². The molecule has 5 heteroatoms. The Morgan fingerprint density at radius 2 is 0.954 bits per heavy atom. The van der Waals surface area contributed by atoms with Crippen molar-refractivity contribution in [1.29, 1.82) is 0 Å². The molecular formula is C60H49N5. The van der Waals surface area contributed by atoms with Gasteiger partial charge in [0.25, 0.3) is 0 Å². The van der Waals surface area contributed by atoms with Crippen LogP contribution in [0.1, 0.15) is 52.2 Å². The van der Waals surface area contributed by atoms with Gasteiger partial charge < -0.3 is 4.57 Å². The van der Waals surface area contributed by atoms with Gasteiger partial charge in [0.1, 0.15) is 0 Å². The van der Waals surface area contributed by atoms with Crippen molar-refractivity contribution in [1.82, 2.24) is 24.1 Å². The fraction of sp³-hybridized carbons (Fsp3) is 0.150. The second kappa shape index (κ2) is 14.7. The molecule has 11 aromatic rings. The first-order valence-electron chi connectivity index (χ1n) is 22.8. The summed E-state index contributed by atoms with van der Waals surface area (Å²) in [7, 11) is 0. The van der Waals surface area contributed by atoms with Crippen molar-refractivity contribution in [3.05, 3.63) is 199 Å². The number of rotatable bonds is 6. The van der Waals surface area contributed by atoms with E-state index in [1.54, 1.807) is 0 Å². The second-order valence-electron chi connectivity index (χ2n) is 19.2. The molecular weight excluding hydrogens is 791 g/mol. The lowest BCUT2D eigenvalue weighted by Gasteiger charge is -2.47. The first-order chi connectivity index (χ1) is 31.6. The highest BCUT2D eigenvalue weighted by Crippen LogP contribution is 2.52. The van der Waals surface area contributed by atoms with E-state index in [9.17, 15) is 0 Å². The minimum absolute atomic E-state index is 0.0453. The van der Waals surface area contributed by atoms with Crippen LogP contribution < -0.4 is 0 Å². The van der Waals surface area contributed by atoms with Crippen LogP contribution in [-0.2, 0) is 10.8 Å². The van der Waals surface area contributed by atoms with Crippen LogP contribution in [0, 0.1) is 5.92 Å². The van der Waals surface area contributed by atoms with Crippen LogP contribution in [0.15, 0.2) is 188 Å². The standard InChI is InChI=1S/C60H49N5/c1-38-37-59(2,3)55-45(26-17-27-50(55)60(38,4)5)43-22-16-23-44(34-43)64-51-28-14-12-24-46(51)48-35-49-47-25-13-15-29-52(47)65(54(49)36-53(48)64)58-62-56(41-20-10-7-11-21-41)61-57(63-58)42-32-30-40(31-33-42)39-18-8-6-9-19-39/h6-36,38H,37H2,1-5H3. The van der Waals surface area contributed by atoms with Gasteiger partial charge in [0.15, 0.2) is 11.6 Å². The number of hydrogen-bond donors (Lipinski definition) is 0. The van der Waals surface area contributed by atoms with Gasteiger partial charge in [-0.25, -0.2) is 4.98 Å². The van der Waals surface area contributed by atoms with Crippen LogP contribution in [0.3, 0.4) is 0 Å². The maximum absolute atomic E-state index is 5.32. The maximum atomic E-state index is 5.32. The summed E-state index contributed by atoms with van der Waals surface area (Å²) in [6.45, 7) is 12.1. The third-order valence-corrected chi connectivity index (χ3v) is 14.5. The molecule has 65 heavy (non-hydrogen) atoms. The summed E-state index contributed by atoms with van der Waals surface area (Å²) in [4.78, 5) is 15.7. The Labute approximate surface area is 379 Å². The minimum atomic E-state index is 0.0453. The fourth-order valence-electron chi connectivity index (χ4n) is 10.9. The van der Waals surface area contributed by atoms with Crippen molar-refractivity contribution in [3.8, 4) is 56.7 Å². The molecule has 0 N–H and O–H groups in total. The number of benzene rings is 8. The van der Waals surface area contributed by atoms with E-state index in [2.05, 4.69) is 208 Å². The van der Waals surface area contributed by atoms with Crippen molar-refractivity contribution in [2.75, 3.05) is 0 Å². The summed E-state index contributed by atoms with van der Waals surface area (Å²) in [5.74, 6) is 2.40. The fourth-order valence-corrected chi connectivity index (χ4v) is 10.9. The second-order valence-corrected chi connectivity index (χ2v) is 19.2. The molecule has 0 fully saturated rings. The number of fused-ring (bicyclic) bond motifs is 7. The molecule has 1 atom stereocenters. The molecule has 0 saturated heterocycles. The smallest absolute Gasteiger partial charge is 0.238 e. The molecule has 0 bridgehead atoms. The van der Waals surface area contributed by atoms with Crippen molar-refractivity contribution < 1.29 is 0 Å². The molecule has 0 aliphatic heterocycles. The van der Waals surface area contributed by atoms with E-state index in [0.29, 0.717) is 23.5 Å². The molecule has 0 radical (unpaired) electrons. The minimum Gasteiger partial charge on any atom is -0.309 e. The first-order valence-corrected chi connectivity index (χ1v) is 22.8. The van der Waals surface area contributed by atoms with Crippen molar-refractivity contribution in [2.24, 2.45) is 5.92 Å². The van der Waals surface area contributed by atoms with Crippen molar-refractivity contribution >= 4 is 43.6 Å². The Bertz CT molecular complexity index is 3630. The monoisotopic (exact) mass is 839 g/mol. The third-order valence-electron chi connectivity index (χ3n) is 14.5. The quantitative estimate of drug-likeness (QED) is 0.168. The molecule has 1 aliphatic rings. The SMILES string of the molecule is CC1CC(C)(C)c2c(-c3cccc(-n4c5ccccc5c5cc6c7ccccc7n(-c7nc(-c8ccccc8)nc(-c8ccc(-c9ccccc9)cc8)n7)c6cc54)c3)cccc2C1(C)C. The van der Waals surface area contributed by atoms with Gasteiger partial charge in [-0.1, -0.05) is 186 Å². The Morgan fingerprint density at radius 1 is 0.431 bits per heavy atom. The molecule has 1 aliphatic carbocycles. The third kappa shape index (κ3) is 6.24. The van der Waals surface area contributed by atoms with E-state index < -0.39 is 0 Å². The summed E-state index contributed by atoms with van der Waals surface area (Å²) in [6, 6.07) is 67.6. The van der Waals surface area contributed by atoms with Gasteiger partial charge in [-0.2, -0.15) is 9.97 Å². The number of hydrogen-bond acceptors (Lipinski definition) is 3. The molecule has 314 valence electrons. The Balaban J connectivity index is 1.09. The van der Waals surface area contributed by atoms with Crippen LogP contribution in [0.2, 0.25) is 0 Å². The molecule has 5 nitrogen and oxygen atoms in total. The zero-order valence-corrected chi connectivity index (χ0v) is 37.4. The Hall–Kier alpha value is -7.63. The van der Waals surface area contributed by atoms with E-state index in [0.717, 1.165) is 56.1 Å². The zero-order valence-electron chi connectivity index (χ0n) is 37.4. The van der Waals surface area contributed by atoms with Gasteiger partial charge in [-0.05, 0) is 92.9 Å². The van der Waals surface area contributed by atoms with Gasteiger partial charge in [0, 0.05) is 38.4 Å². The summed E-state index contributed by atoms with van der Waals surface area (Å²) < 4.78 is 4.68. The average Bonchev–Trinajstić information content (AvgIpc) is 3.85. The molecule has 3 heterocycles. The van der Waals surface area contributed by atoms with Crippen molar-refractivity contribution in [2.45, 2.75) is 51.9 Å². The van der Waals surface area contributed by atoms with E-state index in [1.807, 2.05) is 24.3 Å². The topological polar surface area (TPSA) is 48.5 Å². The summed E-state index contributed by atoms with van der Waals surface area (Å²) >= 11 is 0. The molecule has 1 unspecified atom stereocenters. The summed E-state index contributed by atoms with van der Waals surface area (Å²) in [6.07, 6.45) is 1.15. The van der Waals surface area contributed by atoms with E-state index in [-0.39, 0.29) is 10.8 Å². The highest BCUT2D eigenvalue weighted by molar-refractivity contribution is 6.19. The van der Waals surface area contributed by atoms with Crippen LogP contribution in [0.4, 0.5) is 0 Å². The predicted molar refractivity (Wildman–Crippen MR) is 270 cm³/mol. The lowest BCUT2D eigenvalue weighted by molar-refractivity contribution is 0.234. The van der Waals surface area contributed by atoms with Gasteiger partial charge in [0.2, 0.25) is 5.95 Å². The molecule has 12 rings (SSSR count).